The van der Waals surface area contributed by atoms with Gasteiger partial charge < -0.3 is 15.1 Å². The molecule has 1 aromatic rings. The largest absolute Gasteiger partial charge is 0.366 e. The maximum absolute atomic E-state index is 14.0. The van der Waals surface area contributed by atoms with Crippen LogP contribution in [0.4, 0.5) is 10.1 Å². The van der Waals surface area contributed by atoms with Gasteiger partial charge in [-0.15, -0.1) is 24.0 Å². The molecule has 1 heterocycles. The molecule has 0 aromatic heterocycles. The van der Waals surface area contributed by atoms with E-state index in [-0.39, 0.29) is 35.5 Å². The zero-order valence-electron chi connectivity index (χ0n) is 16.5. The summed E-state index contributed by atoms with van der Waals surface area (Å²) in [5.74, 6) is 0.718. The number of sulfonamides is 1. The van der Waals surface area contributed by atoms with Crippen LogP contribution >= 0.6 is 24.0 Å². The van der Waals surface area contributed by atoms with Crippen molar-refractivity contribution >= 4 is 45.6 Å². The fourth-order valence-corrected chi connectivity index (χ4v) is 3.55. The van der Waals surface area contributed by atoms with Crippen molar-refractivity contribution in [3.63, 3.8) is 0 Å². The van der Waals surface area contributed by atoms with Gasteiger partial charge in [0, 0.05) is 45.8 Å². The normalized spacial score (nSPS) is 15.3. The molecule has 0 spiro atoms. The second-order valence-electron chi connectivity index (χ2n) is 6.31. The van der Waals surface area contributed by atoms with Crippen molar-refractivity contribution in [1.82, 2.24) is 14.9 Å². The van der Waals surface area contributed by atoms with Crippen LogP contribution in [-0.4, -0.2) is 70.8 Å². The number of aliphatic imine (C=N–C) groups is 1. The van der Waals surface area contributed by atoms with Crippen molar-refractivity contribution in [2.45, 2.75) is 20.3 Å². The first kappa shape index (κ1) is 24.9. The molecule has 1 aromatic carbocycles. The lowest BCUT2D eigenvalue weighted by molar-refractivity contribution is 0.370. The summed E-state index contributed by atoms with van der Waals surface area (Å²) in [6.45, 7) is 8.27. The SMILES string of the molecule is CCNC(=NCCCNS(=O)(=O)CC)N1CCN(c2ccccc2F)CC1.I. The standard InChI is InChI=1S/C18H30FN5O2S.HI/c1-3-20-18(21-10-7-11-22-27(25,26)4-2)24-14-12-23(13-15-24)17-9-6-5-8-16(17)19;/h5-6,8-9,22H,3-4,7,10-15H2,1-2H3,(H,20,21);1H. The number of nitrogens with one attached hydrogen (secondary N) is 2. The van der Waals surface area contributed by atoms with E-state index in [0.29, 0.717) is 25.2 Å². The van der Waals surface area contributed by atoms with Crippen molar-refractivity contribution in [2.24, 2.45) is 4.99 Å². The molecule has 10 heteroatoms. The van der Waals surface area contributed by atoms with Gasteiger partial charge in [0.1, 0.15) is 5.82 Å². The Labute approximate surface area is 184 Å². The molecule has 0 atom stereocenters. The smallest absolute Gasteiger partial charge is 0.211 e. The minimum Gasteiger partial charge on any atom is -0.366 e. The zero-order chi connectivity index (χ0) is 19.7. The van der Waals surface area contributed by atoms with E-state index in [0.717, 1.165) is 38.7 Å². The number of para-hydroxylation sites is 1. The van der Waals surface area contributed by atoms with Gasteiger partial charge in [-0.05, 0) is 32.4 Å². The molecule has 0 amide bonds. The van der Waals surface area contributed by atoms with Gasteiger partial charge in [0.25, 0.3) is 0 Å². The van der Waals surface area contributed by atoms with Crippen molar-refractivity contribution < 1.29 is 12.8 Å². The highest BCUT2D eigenvalue weighted by atomic mass is 127. The Hall–Kier alpha value is -1.14. The minimum atomic E-state index is -3.15. The molecule has 160 valence electrons. The highest BCUT2D eigenvalue weighted by molar-refractivity contribution is 14.0. The Kier molecular flexibility index (Phi) is 11.1. The molecule has 0 radical (unpaired) electrons. The second-order valence-corrected chi connectivity index (χ2v) is 8.41. The summed E-state index contributed by atoms with van der Waals surface area (Å²) in [5, 5.41) is 3.28. The fourth-order valence-electron chi connectivity index (χ4n) is 2.89. The van der Waals surface area contributed by atoms with Gasteiger partial charge in [0.05, 0.1) is 11.4 Å². The third kappa shape index (κ3) is 7.70. The van der Waals surface area contributed by atoms with Gasteiger partial charge in [-0.2, -0.15) is 0 Å². The third-order valence-corrected chi connectivity index (χ3v) is 5.81. The summed E-state index contributed by atoms with van der Waals surface area (Å²) in [7, 11) is -3.15. The molecule has 28 heavy (non-hydrogen) atoms. The van der Waals surface area contributed by atoms with Gasteiger partial charge in [0.2, 0.25) is 10.0 Å². The molecule has 2 N–H and O–H groups in total. The Morgan fingerprint density at radius 2 is 1.86 bits per heavy atom. The van der Waals surface area contributed by atoms with E-state index in [1.165, 1.54) is 6.07 Å². The maximum atomic E-state index is 14.0. The second kappa shape index (κ2) is 12.4. The van der Waals surface area contributed by atoms with Crippen LogP contribution in [0, 0.1) is 5.82 Å². The Balaban J connectivity index is 0.00000392. The van der Waals surface area contributed by atoms with Crippen LogP contribution in [0.3, 0.4) is 0 Å². The number of benzene rings is 1. The first-order valence-corrected chi connectivity index (χ1v) is 11.1. The van der Waals surface area contributed by atoms with Crippen LogP contribution in [0.15, 0.2) is 29.3 Å². The molecule has 1 fully saturated rings. The Morgan fingerprint density at radius 1 is 1.18 bits per heavy atom. The van der Waals surface area contributed by atoms with Gasteiger partial charge in [-0.1, -0.05) is 12.1 Å². The number of guanidine groups is 1. The summed E-state index contributed by atoms with van der Waals surface area (Å²) >= 11 is 0. The van der Waals surface area contributed by atoms with Crippen LogP contribution in [0.5, 0.6) is 0 Å². The number of anilines is 1. The van der Waals surface area contributed by atoms with Crippen LogP contribution < -0.4 is 14.9 Å². The molecule has 0 saturated carbocycles. The van der Waals surface area contributed by atoms with Crippen LogP contribution in [-0.2, 0) is 10.0 Å². The lowest BCUT2D eigenvalue weighted by atomic mass is 10.2. The highest BCUT2D eigenvalue weighted by Crippen LogP contribution is 2.20. The van der Waals surface area contributed by atoms with E-state index >= 15 is 0 Å². The zero-order valence-corrected chi connectivity index (χ0v) is 19.7. The molecule has 1 aliphatic rings. The van der Waals surface area contributed by atoms with Gasteiger partial charge in [-0.25, -0.2) is 17.5 Å². The average molecular weight is 527 g/mol. The number of halogens is 2. The van der Waals surface area contributed by atoms with Crippen molar-refractivity contribution in [3.8, 4) is 0 Å². The van der Waals surface area contributed by atoms with Gasteiger partial charge >= 0.3 is 0 Å². The fraction of sp³-hybridized carbons (Fsp3) is 0.611. The van der Waals surface area contributed by atoms with Crippen LogP contribution in [0.1, 0.15) is 20.3 Å². The molecule has 1 aliphatic heterocycles. The van der Waals surface area contributed by atoms with E-state index in [4.69, 9.17) is 0 Å². The molecule has 7 nitrogen and oxygen atoms in total. The van der Waals surface area contributed by atoms with Crippen LogP contribution in [0.2, 0.25) is 0 Å². The summed E-state index contributed by atoms with van der Waals surface area (Å²) in [5.41, 5.74) is 0.641. The Morgan fingerprint density at radius 3 is 2.46 bits per heavy atom. The molecule has 0 bridgehead atoms. The van der Waals surface area contributed by atoms with Gasteiger partial charge in [0.15, 0.2) is 5.96 Å². The first-order valence-electron chi connectivity index (χ1n) is 9.47. The quantitative estimate of drug-likeness (QED) is 0.234. The predicted octanol–water partition coefficient (Wildman–Crippen LogP) is 1.86. The number of piperazine rings is 1. The minimum absolute atomic E-state index is 0. The molecule has 0 unspecified atom stereocenters. The number of hydrogen-bond acceptors (Lipinski definition) is 4. The third-order valence-electron chi connectivity index (χ3n) is 4.41. The van der Waals surface area contributed by atoms with Crippen molar-refractivity contribution in [3.05, 3.63) is 30.1 Å². The van der Waals surface area contributed by atoms with E-state index in [2.05, 4.69) is 24.8 Å². The summed E-state index contributed by atoms with van der Waals surface area (Å²) in [6, 6.07) is 6.84. The van der Waals surface area contributed by atoms with E-state index in [1.807, 2.05) is 19.1 Å². The van der Waals surface area contributed by atoms with Gasteiger partial charge in [-0.3, -0.25) is 4.99 Å². The number of rotatable bonds is 8. The monoisotopic (exact) mass is 527 g/mol. The summed E-state index contributed by atoms with van der Waals surface area (Å²) < 4.78 is 39.3. The molecular weight excluding hydrogens is 496 g/mol. The van der Waals surface area contributed by atoms with E-state index in [1.54, 1.807) is 13.0 Å². The lowest BCUT2D eigenvalue weighted by Crippen LogP contribution is -2.52. The first-order chi connectivity index (χ1) is 13.0. The van der Waals surface area contributed by atoms with E-state index < -0.39 is 10.0 Å². The maximum Gasteiger partial charge on any atom is 0.211 e. The molecule has 1 saturated heterocycles. The predicted molar refractivity (Wildman–Crippen MR) is 124 cm³/mol. The van der Waals surface area contributed by atoms with Crippen molar-refractivity contribution in [2.75, 3.05) is 56.5 Å². The highest BCUT2D eigenvalue weighted by Gasteiger charge is 2.21. The van der Waals surface area contributed by atoms with Crippen LogP contribution in [0.25, 0.3) is 0 Å². The Bertz CT molecular complexity index is 724. The summed E-state index contributed by atoms with van der Waals surface area (Å²) in [6.07, 6.45) is 0.642. The molecule has 2 rings (SSSR count). The topological polar surface area (TPSA) is 77.0 Å². The number of nitrogens with zero attached hydrogens (tertiary/aromatic N) is 3. The van der Waals surface area contributed by atoms with Crippen molar-refractivity contribution in [1.29, 1.82) is 0 Å². The lowest BCUT2D eigenvalue weighted by Gasteiger charge is -2.37. The van der Waals surface area contributed by atoms with E-state index in [9.17, 15) is 12.8 Å². The summed E-state index contributed by atoms with van der Waals surface area (Å²) in [4.78, 5) is 8.82. The molecule has 0 aliphatic carbocycles. The number of hydrogen-bond donors (Lipinski definition) is 2. The molecular formula is C18H31FIN5O2S. The average Bonchev–Trinajstić information content (AvgIpc) is 2.67.